The lowest BCUT2D eigenvalue weighted by molar-refractivity contribution is -0.0467. The van der Waals surface area contributed by atoms with E-state index in [0.29, 0.717) is 23.3 Å². The van der Waals surface area contributed by atoms with Gasteiger partial charge in [0.25, 0.3) is 0 Å². The lowest BCUT2D eigenvalue weighted by Crippen LogP contribution is -2.23. The third-order valence-electron chi connectivity index (χ3n) is 5.39. The molecule has 1 atom stereocenters. The van der Waals surface area contributed by atoms with Crippen LogP contribution in [0.15, 0.2) is 72.8 Å². The summed E-state index contributed by atoms with van der Waals surface area (Å²) in [6, 6.07) is 19.5. The van der Waals surface area contributed by atoms with E-state index in [-0.39, 0.29) is 17.9 Å². The van der Waals surface area contributed by atoms with E-state index in [4.69, 9.17) is 4.74 Å². The van der Waals surface area contributed by atoms with Crippen molar-refractivity contribution in [3.63, 3.8) is 0 Å². The van der Waals surface area contributed by atoms with Crippen LogP contribution in [-0.2, 0) is 19.0 Å². The second kappa shape index (κ2) is 11.1. The van der Waals surface area contributed by atoms with Crippen LogP contribution < -0.4 is 4.74 Å². The second-order valence-electron chi connectivity index (χ2n) is 7.81. The minimum Gasteiger partial charge on any atom is -0.508 e. The van der Waals surface area contributed by atoms with Crippen LogP contribution in [0.25, 0.3) is 0 Å². The molecule has 0 saturated carbocycles. The Kier molecular flexibility index (Phi) is 8.20. The van der Waals surface area contributed by atoms with Gasteiger partial charge in [0, 0.05) is 11.1 Å². The number of benzene rings is 3. The maximum Gasteiger partial charge on any atom is 0.306 e. The van der Waals surface area contributed by atoms with Gasteiger partial charge in [0.15, 0.2) is 6.61 Å². The predicted octanol–water partition coefficient (Wildman–Crippen LogP) is 5.50. The highest BCUT2D eigenvalue weighted by Crippen LogP contribution is 2.29. The molecule has 0 saturated heterocycles. The number of halogens is 2. The summed E-state index contributed by atoms with van der Waals surface area (Å²) in [4.78, 5) is 0. The van der Waals surface area contributed by atoms with Crippen molar-refractivity contribution in [1.82, 2.24) is 0 Å². The zero-order chi connectivity index (χ0) is 23.0. The number of ether oxygens (including phenoxy) is 1. The van der Waals surface area contributed by atoms with Crippen molar-refractivity contribution < 1.29 is 28.8 Å². The van der Waals surface area contributed by atoms with Crippen molar-refractivity contribution in [2.75, 3.05) is 6.61 Å². The minimum atomic E-state index is -3.06. The topological polar surface area (TPSA) is 69.9 Å². The molecule has 0 aromatic heterocycles. The van der Waals surface area contributed by atoms with Crippen LogP contribution in [0, 0.1) is 0 Å². The summed E-state index contributed by atoms with van der Waals surface area (Å²) >= 11 is 0. The number of aromatic hydroxyl groups is 1. The lowest BCUT2D eigenvalue weighted by atomic mass is 9.99. The Bertz CT molecular complexity index is 975. The van der Waals surface area contributed by atoms with E-state index in [2.05, 4.69) is 0 Å². The molecular formula is C26H28F2O4. The molecule has 170 valence electrons. The Morgan fingerprint density at radius 2 is 1.62 bits per heavy atom. The van der Waals surface area contributed by atoms with Gasteiger partial charge in [-0.2, -0.15) is 8.78 Å². The molecule has 0 amide bonds. The molecule has 0 aliphatic heterocycles. The Morgan fingerprint density at radius 3 is 2.31 bits per heavy atom. The van der Waals surface area contributed by atoms with Gasteiger partial charge < -0.3 is 20.1 Å². The number of hydrogen-bond donors (Lipinski definition) is 3. The SMILES string of the molecule is OCc1cc(C(O)CCCCc2ccc(OCC(F)(F)c3ccccc3)cc2)ccc1O. The van der Waals surface area contributed by atoms with Crippen LogP contribution in [0.4, 0.5) is 8.78 Å². The van der Waals surface area contributed by atoms with Gasteiger partial charge >= 0.3 is 5.92 Å². The summed E-state index contributed by atoms with van der Waals surface area (Å²) in [6.45, 7) is -1.00. The highest BCUT2D eigenvalue weighted by Gasteiger charge is 2.32. The van der Waals surface area contributed by atoms with E-state index >= 15 is 0 Å². The standard InChI is InChI=1S/C26H28F2O4/c27-26(28,22-7-2-1-3-8-22)18-32-23-13-10-19(11-14-23)6-4-5-9-24(30)20-12-15-25(31)21(16-20)17-29/h1-3,7-8,10-16,24,29-31H,4-6,9,17-18H2. The van der Waals surface area contributed by atoms with Crippen LogP contribution in [0.3, 0.4) is 0 Å². The molecule has 0 bridgehead atoms. The van der Waals surface area contributed by atoms with Crippen molar-refractivity contribution in [3.8, 4) is 11.5 Å². The molecule has 0 aliphatic carbocycles. The molecule has 3 aromatic carbocycles. The molecule has 32 heavy (non-hydrogen) atoms. The number of aliphatic hydroxyl groups is 2. The van der Waals surface area contributed by atoms with Crippen molar-refractivity contribution in [2.45, 2.75) is 44.3 Å². The Labute approximate surface area is 186 Å². The van der Waals surface area contributed by atoms with Gasteiger partial charge in [0.05, 0.1) is 12.7 Å². The van der Waals surface area contributed by atoms with Gasteiger partial charge in [-0.15, -0.1) is 0 Å². The first-order valence-electron chi connectivity index (χ1n) is 10.6. The second-order valence-corrected chi connectivity index (χ2v) is 7.81. The average Bonchev–Trinajstić information content (AvgIpc) is 2.82. The Hall–Kier alpha value is -2.96. The first-order chi connectivity index (χ1) is 15.4. The number of aliphatic hydroxyl groups excluding tert-OH is 2. The van der Waals surface area contributed by atoms with Crippen molar-refractivity contribution in [3.05, 3.63) is 95.1 Å². The zero-order valence-electron chi connectivity index (χ0n) is 17.8. The average molecular weight is 443 g/mol. The third kappa shape index (κ3) is 6.52. The van der Waals surface area contributed by atoms with Crippen LogP contribution >= 0.6 is 0 Å². The Balaban J connectivity index is 1.42. The largest absolute Gasteiger partial charge is 0.508 e. The van der Waals surface area contributed by atoms with Gasteiger partial charge in [0.1, 0.15) is 11.5 Å². The summed E-state index contributed by atoms with van der Waals surface area (Å²) in [6.07, 6.45) is 2.34. The van der Waals surface area contributed by atoms with E-state index < -0.39 is 18.6 Å². The summed E-state index contributed by atoms with van der Waals surface area (Å²) < 4.78 is 33.7. The number of hydrogen-bond acceptors (Lipinski definition) is 4. The highest BCUT2D eigenvalue weighted by molar-refractivity contribution is 5.36. The molecule has 0 aliphatic rings. The van der Waals surface area contributed by atoms with Crippen molar-refractivity contribution in [2.24, 2.45) is 0 Å². The number of aryl methyl sites for hydroxylation is 1. The van der Waals surface area contributed by atoms with Crippen molar-refractivity contribution >= 4 is 0 Å². The summed E-state index contributed by atoms with van der Waals surface area (Å²) in [5.74, 6) is -2.65. The maximum atomic E-state index is 14.2. The smallest absolute Gasteiger partial charge is 0.306 e. The van der Waals surface area contributed by atoms with Crippen LogP contribution in [0.1, 0.15) is 47.6 Å². The van der Waals surface area contributed by atoms with E-state index in [1.165, 1.54) is 18.2 Å². The van der Waals surface area contributed by atoms with Crippen molar-refractivity contribution in [1.29, 1.82) is 0 Å². The molecule has 0 heterocycles. The molecule has 0 fully saturated rings. The number of rotatable bonds is 11. The number of alkyl halides is 2. The monoisotopic (exact) mass is 442 g/mol. The van der Waals surface area contributed by atoms with Crippen LogP contribution in [0.5, 0.6) is 11.5 Å². The molecule has 3 N–H and O–H groups in total. The first-order valence-corrected chi connectivity index (χ1v) is 10.6. The van der Waals surface area contributed by atoms with Crippen LogP contribution in [-0.4, -0.2) is 21.9 Å². The lowest BCUT2D eigenvalue weighted by Gasteiger charge is -2.17. The molecule has 3 aromatic rings. The highest BCUT2D eigenvalue weighted by atomic mass is 19.3. The van der Waals surface area contributed by atoms with Gasteiger partial charge in [0.2, 0.25) is 0 Å². The molecule has 1 unspecified atom stereocenters. The summed E-state index contributed by atoms with van der Waals surface area (Å²) in [5.41, 5.74) is 2.05. The van der Waals surface area contributed by atoms with E-state index in [1.54, 1.807) is 42.5 Å². The number of unbranched alkanes of at least 4 members (excludes halogenated alkanes) is 1. The fourth-order valence-electron chi connectivity index (χ4n) is 3.46. The molecule has 4 nitrogen and oxygen atoms in total. The van der Waals surface area contributed by atoms with E-state index in [0.717, 1.165) is 24.8 Å². The van der Waals surface area contributed by atoms with Crippen LogP contribution in [0.2, 0.25) is 0 Å². The normalized spacial score (nSPS) is 12.5. The predicted molar refractivity (Wildman–Crippen MR) is 119 cm³/mol. The van der Waals surface area contributed by atoms with Gasteiger partial charge in [-0.1, -0.05) is 55.0 Å². The minimum absolute atomic E-state index is 0.0136. The first kappa shape index (κ1) is 23.7. The fraction of sp³-hybridized carbons (Fsp3) is 0.308. The molecular weight excluding hydrogens is 414 g/mol. The summed E-state index contributed by atoms with van der Waals surface area (Å²) in [7, 11) is 0. The zero-order valence-corrected chi connectivity index (χ0v) is 17.8. The number of phenols is 1. The van der Waals surface area contributed by atoms with Gasteiger partial charge in [-0.3, -0.25) is 0 Å². The van der Waals surface area contributed by atoms with E-state index in [1.807, 2.05) is 12.1 Å². The molecule has 0 radical (unpaired) electrons. The summed E-state index contributed by atoms with van der Waals surface area (Å²) in [5, 5.41) is 29.2. The van der Waals surface area contributed by atoms with E-state index in [9.17, 15) is 24.1 Å². The van der Waals surface area contributed by atoms with Gasteiger partial charge in [-0.25, -0.2) is 0 Å². The fourth-order valence-corrected chi connectivity index (χ4v) is 3.46. The molecule has 6 heteroatoms. The molecule has 0 spiro atoms. The quantitative estimate of drug-likeness (QED) is 0.343. The molecule has 3 rings (SSSR count). The third-order valence-corrected chi connectivity index (χ3v) is 5.39. The Morgan fingerprint density at radius 1 is 0.906 bits per heavy atom. The maximum absolute atomic E-state index is 14.2. The van der Waals surface area contributed by atoms with Gasteiger partial charge in [-0.05, 0) is 54.7 Å².